The number of hydrogen-bond donors (Lipinski definition) is 0. The summed E-state index contributed by atoms with van der Waals surface area (Å²) < 4.78 is 17.4. The summed E-state index contributed by atoms with van der Waals surface area (Å²) in [5.74, 6) is 0. The zero-order valence-corrected chi connectivity index (χ0v) is 25.4. The monoisotopic (exact) mass is 593 g/mol. The molecule has 212 valence electrons. The molecule has 0 unspecified atom stereocenters. The van der Waals surface area contributed by atoms with E-state index in [1.807, 2.05) is 60.7 Å². The zero-order chi connectivity index (χ0) is 30.0. The number of fused-ring (bicyclic) bond motifs is 8. The largest absolute Gasteiger partial charge is 0.309 e. The van der Waals surface area contributed by atoms with E-state index in [-0.39, 0.29) is 0 Å². The fourth-order valence-corrected chi connectivity index (χ4v) is 9.80. The van der Waals surface area contributed by atoms with Crippen LogP contribution in [0.3, 0.4) is 0 Å². The molecule has 0 saturated heterocycles. The Morgan fingerprint density at radius 2 is 0.933 bits per heavy atom. The molecule has 0 spiro atoms. The van der Waals surface area contributed by atoms with Gasteiger partial charge in [-0.25, -0.2) is 0 Å². The van der Waals surface area contributed by atoms with Crippen LogP contribution in [-0.4, -0.2) is 4.57 Å². The number of benzene rings is 7. The highest BCUT2D eigenvalue weighted by Gasteiger charge is 2.30. The molecule has 1 aliphatic heterocycles. The highest BCUT2D eigenvalue weighted by molar-refractivity contribution is 7.85. The molecule has 45 heavy (non-hydrogen) atoms. The molecule has 1 aromatic heterocycles. The smallest absolute Gasteiger partial charge is 0.171 e. The third-order valence-electron chi connectivity index (χ3n) is 9.24. The molecule has 8 aromatic rings. The molecule has 1 aliphatic rings. The molecular formula is C42H28NOP. The molecule has 2 heterocycles. The van der Waals surface area contributed by atoms with Gasteiger partial charge in [-0.3, -0.25) is 0 Å². The molecule has 9 rings (SSSR count). The van der Waals surface area contributed by atoms with E-state index in [9.17, 15) is 4.57 Å². The Balaban J connectivity index is 1.23. The zero-order valence-electron chi connectivity index (χ0n) is 24.5. The molecule has 3 heteroatoms. The summed E-state index contributed by atoms with van der Waals surface area (Å²) in [6.45, 7) is 0. The molecule has 0 aliphatic carbocycles. The summed E-state index contributed by atoms with van der Waals surface area (Å²) in [7, 11) is -3.03. The molecule has 0 atom stereocenters. The summed E-state index contributed by atoms with van der Waals surface area (Å²) in [5, 5.41) is 5.05. The maximum Gasteiger partial charge on any atom is 0.171 e. The average Bonchev–Trinajstić information content (AvgIpc) is 3.40. The van der Waals surface area contributed by atoms with E-state index >= 15 is 0 Å². The normalized spacial score (nSPS) is 12.1. The van der Waals surface area contributed by atoms with Crippen LogP contribution in [0.15, 0.2) is 170 Å². The maximum absolute atomic E-state index is 14.9. The number of nitrogens with zero attached hydrogens (tertiary/aromatic N) is 1. The van der Waals surface area contributed by atoms with Crippen molar-refractivity contribution >= 4 is 44.9 Å². The van der Waals surface area contributed by atoms with Crippen LogP contribution in [0.25, 0.3) is 60.9 Å². The van der Waals surface area contributed by atoms with Crippen molar-refractivity contribution < 1.29 is 4.57 Å². The van der Waals surface area contributed by atoms with Gasteiger partial charge in [0.15, 0.2) is 7.14 Å². The second-order valence-electron chi connectivity index (χ2n) is 11.7. The van der Waals surface area contributed by atoms with Crippen molar-refractivity contribution in [1.82, 2.24) is 4.57 Å². The van der Waals surface area contributed by atoms with Gasteiger partial charge in [0, 0.05) is 37.8 Å². The van der Waals surface area contributed by atoms with Gasteiger partial charge in [-0.2, -0.15) is 0 Å². The lowest BCUT2D eigenvalue weighted by atomic mass is 9.92. The Bertz CT molecular complexity index is 2400. The fourth-order valence-electron chi connectivity index (χ4n) is 7.15. The highest BCUT2D eigenvalue weighted by atomic mass is 31.2. The van der Waals surface area contributed by atoms with Crippen molar-refractivity contribution in [2.24, 2.45) is 0 Å². The van der Waals surface area contributed by atoms with Crippen molar-refractivity contribution in [3.05, 3.63) is 170 Å². The summed E-state index contributed by atoms with van der Waals surface area (Å²) >= 11 is 0. The second kappa shape index (κ2) is 10.1. The van der Waals surface area contributed by atoms with Crippen molar-refractivity contribution in [3.63, 3.8) is 0 Å². The first-order chi connectivity index (χ1) is 22.2. The van der Waals surface area contributed by atoms with E-state index in [1.54, 1.807) is 0 Å². The quantitative estimate of drug-likeness (QED) is 0.186. The van der Waals surface area contributed by atoms with Crippen LogP contribution in [0.4, 0.5) is 0 Å². The van der Waals surface area contributed by atoms with Crippen LogP contribution >= 0.6 is 7.14 Å². The highest BCUT2D eigenvalue weighted by Crippen LogP contribution is 2.47. The minimum Gasteiger partial charge on any atom is -0.309 e. The number of aromatic nitrogens is 1. The van der Waals surface area contributed by atoms with Gasteiger partial charge in [0.2, 0.25) is 0 Å². The van der Waals surface area contributed by atoms with Crippen LogP contribution < -0.4 is 15.9 Å². The maximum atomic E-state index is 14.9. The Kier molecular flexibility index (Phi) is 5.81. The molecule has 0 saturated carbocycles. The van der Waals surface area contributed by atoms with Gasteiger partial charge in [0.25, 0.3) is 0 Å². The second-order valence-corrected chi connectivity index (χ2v) is 14.4. The third kappa shape index (κ3) is 3.86. The van der Waals surface area contributed by atoms with Gasteiger partial charge in [0.1, 0.15) is 0 Å². The van der Waals surface area contributed by atoms with Gasteiger partial charge >= 0.3 is 0 Å². The number of para-hydroxylation sites is 2. The Labute approximate surface area is 262 Å². The summed E-state index contributed by atoms with van der Waals surface area (Å²) in [4.78, 5) is 0. The fraction of sp³-hybridized carbons (Fsp3) is 0. The lowest BCUT2D eigenvalue weighted by Gasteiger charge is -2.20. The van der Waals surface area contributed by atoms with Crippen LogP contribution in [0.2, 0.25) is 0 Å². The summed E-state index contributed by atoms with van der Waals surface area (Å²) in [6.07, 6.45) is 0. The van der Waals surface area contributed by atoms with Crippen LogP contribution in [0, 0.1) is 0 Å². The summed E-state index contributed by atoms with van der Waals surface area (Å²) in [6, 6.07) is 59.0. The lowest BCUT2D eigenvalue weighted by Crippen LogP contribution is -2.24. The van der Waals surface area contributed by atoms with Crippen molar-refractivity contribution in [3.8, 4) is 39.1 Å². The van der Waals surface area contributed by atoms with Crippen molar-refractivity contribution in [1.29, 1.82) is 0 Å². The predicted octanol–water partition coefficient (Wildman–Crippen LogP) is 9.74. The van der Waals surface area contributed by atoms with E-state index in [4.69, 9.17) is 0 Å². The number of rotatable bonds is 4. The summed E-state index contributed by atoms with van der Waals surface area (Å²) in [5.41, 5.74) is 10.8. The molecule has 0 bridgehead atoms. The Morgan fingerprint density at radius 1 is 0.400 bits per heavy atom. The van der Waals surface area contributed by atoms with E-state index in [2.05, 4.69) is 114 Å². The minimum absolute atomic E-state index is 0.834. The molecule has 0 radical (unpaired) electrons. The Morgan fingerprint density at radius 3 is 1.64 bits per heavy atom. The molecular weight excluding hydrogens is 565 g/mol. The predicted molar refractivity (Wildman–Crippen MR) is 190 cm³/mol. The average molecular weight is 594 g/mol. The van der Waals surface area contributed by atoms with E-state index in [0.717, 1.165) is 27.0 Å². The molecule has 7 aromatic carbocycles. The molecule has 0 fully saturated rings. The SMILES string of the molecule is O=P(c1ccccc1)(c1ccccc1)c1ccc(-c2ccc3c(c2)-c2ccccc2-c2cccc4c5ccccc5n-3c24)cc1. The van der Waals surface area contributed by atoms with E-state index in [0.29, 0.717) is 0 Å². The van der Waals surface area contributed by atoms with E-state index in [1.165, 1.54) is 49.7 Å². The van der Waals surface area contributed by atoms with Crippen LogP contribution in [-0.2, 0) is 4.57 Å². The number of hydrogen-bond acceptors (Lipinski definition) is 1. The van der Waals surface area contributed by atoms with Crippen LogP contribution in [0.5, 0.6) is 0 Å². The lowest BCUT2D eigenvalue weighted by molar-refractivity contribution is 0.592. The first kappa shape index (κ1) is 26.0. The van der Waals surface area contributed by atoms with Gasteiger partial charge < -0.3 is 9.13 Å². The van der Waals surface area contributed by atoms with Crippen molar-refractivity contribution in [2.75, 3.05) is 0 Å². The first-order valence-electron chi connectivity index (χ1n) is 15.3. The minimum atomic E-state index is -3.03. The molecule has 0 amide bonds. The molecule has 0 N–H and O–H groups in total. The van der Waals surface area contributed by atoms with E-state index < -0.39 is 7.14 Å². The van der Waals surface area contributed by atoms with Gasteiger partial charge in [0.05, 0.1) is 16.7 Å². The van der Waals surface area contributed by atoms with Gasteiger partial charge in [-0.05, 0) is 40.5 Å². The van der Waals surface area contributed by atoms with Gasteiger partial charge in [-0.15, -0.1) is 0 Å². The topological polar surface area (TPSA) is 22.0 Å². The van der Waals surface area contributed by atoms with Crippen molar-refractivity contribution in [2.45, 2.75) is 0 Å². The van der Waals surface area contributed by atoms with Gasteiger partial charge in [-0.1, -0.05) is 152 Å². The van der Waals surface area contributed by atoms with Crippen LogP contribution in [0.1, 0.15) is 0 Å². The molecule has 2 nitrogen and oxygen atoms in total. The first-order valence-corrected chi connectivity index (χ1v) is 17.0. The standard InChI is InChI=1S/C42H28NOP/c44-45(31-12-3-1-4-13-31,32-14-5-2-6-15-32)33-25-22-29(23-26-33)30-24-27-41-39(28-30)35-17-8-7-16-34(35)37-19-11-20-38-36-18-9-10-21-40(36)43(41)42(37)38/h1-28H. The third-order valence-corrected chi connectivity index (χ3v) is 12.3. The Hall–Kier alpha value is -5.43.